The van der Waals surface area contributed by atoms with Gasteiger partial charge in [-0.25, -0.2) is 4.98 Å². The summed E-state index contributed by atoms with van der Waals surface area (Å²) in [6.07, 6.45) is -7.94. The van der Waals surface area contributed by atoms with Crippen LogP contribution in [0.2, 0.25) is 0 Å². The van der Waals surface area contributed by atoms with Gasteiger partial charge in [-0.05, 0) is 32.3 Å². The summed E-state index contributed by atoms with van der Waals surface area (Å²) >= 11 is 0. The fraction of sp³-hybridized carbons (Fsp3) is 0.400. The van der Waals surface area contributed by atoms with E-state index in [0.717, 1.165) is 0 Å². The lowest BCUT2D eigenvalue weighted by atomic mass is 9.95. The molecule has 2 aromatic heterocycles. The molecule has 0 spiro atoms. The first-order chi connectivity index (χ1) is 18.6. The molecule has 0 radical (unpaired) electrons. The summed E-state index contributed by atoms with van der Waals surface area (Å²) in [4.78, 5) is 14.4. The summed E-state index contributed by atoms with van der Waals surface area (Å²) in [5.41, 5.74) is -7.27. The zero-order valence-corrected chi connectivity index (χ0v) is 21.1. The van der Waals surface area contributed by atoms with E-state index < -0.39 is 76.0 Å². The Labute approximate surface area is 223 Å². The molecule has 3 aromatic rings. The second kappa shape index (κ2) is 10.5. The summed E-state index contributed by atoms with van der Waals surface area (Å²) in [5.74, 6) is -2.74. The van der Waals surface area contributed by atoms with Crippen molar-refractivity contribution in [3.8, 4) is 11.6 Å². The van der Waals surface area contributed by atoms with Gasteiger partial charge >= 0.3 is 18.0 Å². The number of aromatic nitrogens is 3. The molecule has 1 aliphatic heterocycles. The Bertz CT molecular complexity index is 1400. The molecular weight excluding hydrogens is 548 g/mol. The van der Waals surface area contributed by atoms with Crippen LogP contribution in [-0.4, -0.2) is 31.8 Å². The average molecular weight is 571 g/mol. The standard InChI is InChI=1S/C25H23F6N5O4/c1-22(2)11-7-4-8-12-23(25(29,30)31,39-14-15-9-5-3-6-10-15)21-35-34-20(40-21)18-17(36(37)38)13-16(24(26,27)28)19(32-18)33-22/h3-6,8-10,13H,7,11-12,14H2,1-2H3,(H,32,33)/b8-4+/t23-/m1/s1. The van der Waals surface area contributed by atoms with E-state index in [9.17, 15) is 36.5 Å². The second-order valence-electron chi connectivity index (χ2n) is 9.74. The van der Waals surface area contributed by atoms with E-state index in [1.54, 1.807) is 44.2 Å². The van der Waals surface area contributed by atoms with Gasteiger partial charge in [0.1, 0.15) is 11.4 Å². The summed E-state index contributed by atoms with van der Waals surface area (Å²) in [6, 6.07) is 8.23. The number of halogens is 6. The third kappa shape index (κ3) is 5.93. The monoisotopic (exact) mass is 571 g/mol. The number of nitrogens with one attached hydrogen (secondary N) is 1. The van der Waals surface area contributed by atoms with Gasteiger partial charge in [-0.3, -0.25) is 10.1 Å². The number of fused-ring (bicyclic) bond motifs is 5. The lowest BCUT2D eigenvalue weighted by Gasteiger charge is -2.32. The Morgan fingerprint density at radius 3 is 2.42 bits per heavy atom. The van der Waals surface area contributed by atoms with Gasteiger partial charge in [-0.15, -0.1) is 10.2 Å². The summed E-state index contributed by atoms with van der Waals surface area (Å²) in [6.45, 7) is 2.61. The highest BCUT2D eigenvalue weighted by Crippen LogP contribution is 2.47. The SMILES string of the molecule is CC1(C)CC/C=C/C[C@](OCc2ccccc2)(C(F)(F)F)c2nnc(o2)-c2nc(c(C(F)(F)F)cc2[N+](=O)[O-])N1. The van der Waals surface area contributed by atoms with Crippen LogP contribution in [0.5, 0.6) is 0 Å². The highest BCUT2D eigenvalue weighted by atomic mass is 19.4. The van der Waals surface area contributed by atoms with Crippen molar-refractivity contribution in [2.45, 2.75) is 63.2 Å². The minimum absolute atomic E-state index is 0.170. The molecule has 1 aromatic carbocycles. The summed E-state index contributed by atoms with van der Waals surface area (Å²) in [7, 11) is 0. The number of nitro groups is 1. The van der Waals surface area contributed by atoms with Crippen LogP contribution in [0.4, 0.5) is 37.8 Å². The van der Waals surface area contributed by atoms with Gasteiger partial charge in [0.15, 0.2) is 0 Å². The molecule has 9 nitrogen and oxygen atoms in total. The number of nitrogens with zero attached hydrogens (tertiary/aromatic N) is 4. The molecule has 0 unspecified atom stereocenters. The number of hydrogen-bond donors (Lipinski definition) is 1. The highest BCUT2D eigenvalue weighted by molar-refractivity contribution is 5.68. The van der Waals surface area contributed by atoms with Crippen LogP contribution in [-0.2, 0) is 23.1 Å². The van der Waals surface area contributed by atoms with Crippen LogP contribution in [0, 0.1) is 10.1 Å². The first-order valence-electron chi connectivity index (χ1n) is 11.9. The molecule has 0 aliphatic carbocycles. The van der Waals surface area contributed by atoms with Crippen molar-refractivity contribution < 1.29 is 40.4 Å². The van der Waals surface area contributed by atoms with Gasteiger partial charge in [0.25, 0.3) is 11.8 Å². The lowest BCUT2D eigenvalue weighted by molar-refractivity contribution is -0.384. The number of rotatable bonds is 4. The molecule has 1 N–H and O–H groups in total. The van der Waals surface area contributed by atoms with Crippen LogP contribution in [0.3, 0.4) is 0 Å². The predicted molar refractivity (Wildman–Crippen MR) is 129 cm³/mol. The Morgan fingerprint density at radius 1 is 1.10 bits per heavy atom. The molecule has 15 heteroatoms. The molecule has 4 bridgehead atoms. The van der Waals surface area contributed by atoms with Crippen molar-refractivity contribution in [1.29, 1.82) is 0 Å². The number of allylic oxidation sites excluding steroid dienone is 1. The quantitative estimate of drug-likeness (QED) is 0.155. The Kier molecular flexibility index (Phi) is 7.62. The van der Waals surface area contributed by atoms with Crippen LogP contribution in [0.25, 0.3) is 11.6 Å². The van der Waals surface area contributed by atoms with E-state index in [2.05, 4.69) is 20.5 Å². The first-order valence-corrected chi connectivity index (χ1v) is 11.9. The minimum Gasteiger partial charge on any atom is -0.415 e. The van der Waals surface area contributed by atoms with Gasteiger partial charge in [0, 0.05) is 18.0 Å². The van der Waals surface area contributed by atoms with Crippen LogP contribution >= 0.6 is 0 Å². The van der Waals surface area contributed by atoms with Gasteiger partial charge in [-0.2, -0.15) is 26.3 Å². The molecule has 1 atom stereocenters. The maximum Gasteiger partial charge on any atom is 0.426 e. The molecule has 214 valence electrons. The number of pyridine rings is 1. The molecule has 3 heterocycles. The number of anilines is 1. The van der Waals surface area contributed by atoms with E-state index >= 15 is 0 Å². The summed E-state index contributed by atoms with van der Waals surface area (Å²) in [5, 5.41) is 21.4. The lowest BCUT2D eigenvalue weighted by Crippen LogP contribution is -2.45. The fourth-order valence-corrected chi connectivity index (χ4v) is 4.09. The van der Waals surface area contributed by atoms with Crippen molar-refractivity contribution >= 4 is 11.5 Å². The molecule has 4 rings (SSSR count). The van der Waals surface area contributed by atoms with E-state index in [0.29, 0.717) is 5.56 Å². The fourth-order valence-electron chi connectivity index (χ4n) is 4.09. The van der Waals surface area contributed by atoms with E-state index in [-0.39, 0.29) is 18.9 Å². The maximum absolute atomic E-state index is 14.7. The Balaban J connectivity index is 1.94. The van der Waals surface area contributed by atoms with Crippen LogP contribution in [0.15, 0.2) is 53.0 Å². The molecule has 0 fully saturated rings. The molecular formula is C25H23F6N5O4. The number of benzene rings is 1. The Morgan fingerprint density at radius 2 is 1.80 bits per heavy atom. The van der Waals surface area contributed by atoms with Crippen molar-refractivity contribution in [2.24, 2.45) is 0 Å². The smallest absolute Gasteiger partial charge is 0.415 e. The topological polar surface area (TPSA) is 116 Å². The van der Waals surface area contributed by atoms with Crippen molar-refractivity contribution in [3.05, 3.63) is 75.7 Å². The van der Waals surface area contributed by atoms with Crippen LogP contribution < -0.4 is 5.32 Å². The van der Waals surface area contributed by atoms with Crippen molar-refractivity contribution in [2.75, 3.05) is 5.32 Å². The first kappa shape index (κ1) is 29.0. The highest BCUT2D eigenvalue weighted by Gasteiger charge is 2.61. The second-order valence-corrected chi connectivity index (χ2v) is 9.74. The zero-order valence-electron chi connectivity index (χ0n) is 21.1. The third-order valence-corrected chi connectivity index (χ3v) is 6.23. The average Bonchev–Trinajstić information content (AvgIpc) is 3.34. The third-order valence-electron chi connectivity index (χ3n) is 6.23. The van der Waals surface area contributed by atoms with Gasteiger partial charge in [0.2, 0.25) is 11.3 Å². The minimum atomic E-state index is -5.11. The largest absolute Gasteiger partial charge is 0.426 e. The van der Waals surface area contributed by atoms with Crippen molar-refractivity contribution in [1.82, 2.24) is 15.2 Å². The zero-order chi connectivity index (χ0) is 29.3. The molecule has 0 saturated heterocycles. The summed E-state index contributed by atoms with van der Waals surface area (Å²) < 4.78 is 96.5. The van der Waals surface area contributed by atoms with E-state index in [1.165, 1.54) is 12.2 Å². The predicted octanol–water partition coefficient (Wildman–Crippen LogP) is 6.96. The molecule has 1 aliphatic rings. The molecule has 0 amide bonds. The Hall–Kier alpha value is -4.01. The number of hydrogen-bond acceptors (Lipinski definition) is 8. The number of alkyl halides is 6. The van der Waals surface area contributed by atoms with Gasteiger partial charge in [-0.1, -0.05) is 42.5 Å². The normalized spacial score (nSPS) is 20.3. The van der Waals surface area contributed by atoms with Crippen molar-refractivity contribution in [3.63, 3.8) is 0 Å². The van der Waals surface area contributed by atoms with E-state index in [4.69, 9.17) is 9.15 Å². The van der Waals surface area contributed by atoms with E-state index in [1.807, 2.05) is 0 Å². The molecule has 40 heavy (non-hydrogen) atoms. The number of ether oxygens (including phenoxy) is 1. The molecule has 0 saturated carbocycles. The maximum atomic E-state index is 14.7. The van der Waals surface area contributed by atoms with Gasteiger partial charge < -0.3 is 14.5 Å². The van der Waals surface area contributed by atoms with Gasteiger partial charge in [0.05, 0.1) is 11.5 Å². The van der Waals surface area contributed by atoms with Crippen LogP contribution in [0.1, 0.15) is 50.1 Å².